The van der Waals surface area contributed by atoms with Crippen molar-refractivity contribution in [3.8, 4) is 5.82 Å². The van der Waals surface area contributed by atoms with Gasteiger partial charge in [-0.1, -0.05) is 42.5 Å². The lowest BCUT2D eigenvalue weighted by Crippen LogP contribution is -1.97. The molecule has 0 fully saturated rings. The predicted octanol–water partition coefficient (Wildman–Crippen LogP) is 7.09. The average molecular weight is 401 g/mol. The third-order valence-electron chi connectivity index (χ3n) is 5.86. The zero-order valence-electron chi connectivity index (χ0n) is 15.9. The lowest BCUT2D eigenvalue weighted by molar-refractivity contribution is 1.09. The van der Waals surface area contributed by atoms with Gasteiger partial charge in [0.25, 0.3) is 0 Å². The maximum absolute atomic E-state index is 4.81. The van der Waals surface area contributed by atoms with Crippen LogP contribution in [-0.4, -0.2) is 14.5 Å². The van der Waals surface area contributed by atoms with Crippen molar-refractivity contribution in [2.75, 3.05) is 0 Å². The highest BCUT2D eigenvalue weighted by Crippen LogP contribution is 2.39. The minimum absolute atomic E-state index is 0.919. The minimum Gasteiger partial charge on any atom is -0.292 e. The number of hydrogen-bond acceptors (Lipinski definition) is 3. The van der Waals surface area contributed by atoms with Crippen molar-refractivity contribution >= 4 is 64.2 Å². The molecular formula is C26H15N3S. The van der Waals surface area contributed by atoms with Gasteiger partial charge in [0.15, 0.2) is 0 Å². The summed E-state index contributed by atoms with van der Waals surface area (Å²) in [6.45, 7) is 0. The van der Waals surface area contributed by atoms with Crippen molar-refractivity contribution in [2.24, 2.45) is 0 Å². The molecule has 4 aromatic heterocycles. The molecule has 7 aromatic rings. The Morgan fingerprint density at radius 3 is 2.47 bits per heavy atom. The van der Waals surface area contributed by atoms with Crippen molar-refractivity contribution in [3.05, 3.63) is 91.3 Å². The van der Waals surface area contributed by atoms with Crippen LogP contribution in [0.5, 0.6) is 0 Å². The van der Waals surface area contributed by atoms with E-state index in [1.165, 1.54) is 25.6 Å². The molecule has 4 heterocycles. The molecule has 0 aliphatic carbocycles. The van der Waals surface area contributed by atoms with E-state index in [4.69, 9.17) is 9.97 Å². The normalized spacial score (nSPS) is 12.0. The van der Waals surface area contributed by atoms with E-state index in [1.807, 2.05) is 35.9 Å². The number of rotatable bonds is 1. The lowest BCUT2D eigenvalue weighted by atomic mass is 10.1. The highest BCUT2D eigenvalue weighted by Gasteiger charge is 2.16. The van der Waals surface area contributed by atoms with Crippen molar-refractivity contribution in [3.63, 3.8) is 0 Å². The Morgan fingerprint density at radius 2 is 1.50 bits per heavy atom. The Kier molecular flexibility index (Phi) is 3.15. The van der Waals surface area contributed by atoms with Crippen LogP contribution in [-0.2, 0) is 0 Å². The molecule has 0 amide bonds. The highest BCUT2D eigenvalue weighted by molar-refractivity contribution is 7.25. The number of aromatic nitrogens is 3. The van der Waals surface area contributed by atoms with Gasteiger partial charge < -0.3 is 0 Å². The molecule has 0 unspecified atom stereocenters. The van der Waals surface area contributed by atoms with Gasteiger partial charge in [-0.3, -0.25) is 9.55 Å². The van der Waals surface area contributed by atoms with Gasteiger partial charge in [-0.05, 0) is 41.8 Å². The standard InChI is InChI=1S/C26H15N3S/c1-2-7-17-15-28-25(12-16(17)6-1)29-21-9-5-11-27-26(21)20-13-19-18-8-3-4-10-23(18)30-24(19)14-22(20)29/h1-15H. The second-order valence-electron chi connectivity index (χ2n) is 7.56. The Bertz CT molecular complexity index is 1760. The van der Waals surface area contributed by atoms with E-state index >= 15 is 0 Å². The third-order valence-corrected chi connectivity index (χ3v) is 7.00. The molecule has 3 nitrogen and oxygen atoms in total. The van der Waals surface area contributed by atoms with E-state index in [0.29, 0.717) is 0 Å². The summed E-state index contributed by atoms with van der Waals surface area (Å²) in [4.78, 5) is 9.55. The summed E-state index contributed by atoms with van der Waals surface area (Å²) in [5.41, 5.74) is 3.24. The molecule has 0 saturated heterocycles. The molecule has 140 valence electrons. The van der Waals surface area contributed by atoms with Gasteiger partial charge in [-0.25, -0.2) is 4.98 Å². The van der Waals surface area contributed by atoms with Gasteiger partial charge >= 0.3 is 0 Å². The first-order valence-electron chi connectivity index (χ1n) is 9.92. The molecular weight excluding hydrogens is 386 g/mol. The number of nitrogens with zero attached hydrogens (tertiary/aromatic N) is 3. The van der Waals surface area contributed by atoms with E-state index in [1.54, 1.807) is 0 Å². The molecule has 0 aliphatic heterocycles. The van der Waals surface area contributed by atoms with Crippen LogP contribution in [0.4, 0.5) is 0 Å². The maximum atomic E-state index is 4.81. The second-order valence-corrected chi connectivity index (χ2v) is 8.64. The Morgan fingerprint density at radius 1 is 0.633 bits per heavy atom. The largest absolute Gasteiger partial charge is 0.292 e. The quantitative estimate of drug-likeness (QED) is 0.294. The zero-order valence-corrected chi connectivity index (χ0v) is 16.7. The summed E-state index contributed by atoms with van der Waals surface area (Å²) in [5, 5.41) is 6.09. The smallest absolute Gasteiger partial charge is 0.138 e. The van der Waals surface area contributed by atoms with Crippen molar-refractivity contribution in [1.29, 1.82) is 0 Å². The van der Waals surface area contributed by atoms with Crippen LogP contribution >= 0.6 is 11.3 Å². The fourth-order valence-electron chi connectivity index (χ4n) is 4.49. The molecule has 0 bridgehead atoms. The summed E-state index contributed by atoms with van der Waals surface area (Å²) < 4.78 is 4.84. The van der Waals surface area contributed by atoms with Crippen molar-refractivity contribution in [1.82, 2.24) is 14.5 Å². The van der Waals surface area contributed by atoms with Gasteiger partial charge in [0, 0.05) is 43.3 Å². The van der Waals surface area contributed by atoms with E-state index in [0.717, 1.165) is 33.1 Å². The van der Waals surface area contributed by atoms with Crippen LogP contribution in [0.3, 0.4) is 0 Å². The van der Waals surface area contributed by atoms with Crippen LogP contribution in [0.25, 0.3) is 58.7 Å². The third kappa shape index (κ3) is 2.14. The first-order chi connectivity index (χ1) is 14.9. The summed E-state index contributed by atoms with van der Waals surface area (Å²) in [7, 11) is 0. The highest BCUT2D eigenvalue weighted by atomic mass is 32.1. The second kappa shape index (κ2) is 5.88. The minimum atomic E-state index is 0.919. The number of thiophene rings is 1. The van der Waals surface area contributed by atoms with Crippen LogP contribution < -0.4 is 0 Å². The van der Waals surface area contributed by atoms with E-state index in [-0.39, 0.29) is 0 Å². The summed E-state index contributed by atoms with van der Waals surface area (Å²) in [6, 6.07) is 27.9. The first kappa shape index (κ1) is 16.1. The molecule has 0 radical (unpaired) electrons. The summed E-state index contributed by atoms with van der Waals surface area (Å²) in [6.07, 6.45) is 3.83. The molecule has 0 spiro atoms. The Hall–Kier alpha value is -3.76. The SMILES string of the molecule is c1ccc2cc(-n3c4cc5sc6ccccc6c5cc4c4ncccc43)ncc2c1. The molecule has 0 N–H and O–H groups in total. The molecule has 0 saturated carbocycles. The van der Waals surface area contributed by atoms with E-state index in [9.17, 15) is 0 Å². The Balaban J connectivity index is 1.65. The monoisotopic (exact) mass is 401 g/mol. The molecule has 4 heteroatoms. The van der Waals surface area contributed by atoms with Crippen LogP contribution in [0.15, 0.2) is 91.3 Å². The van der Waals surface area contributed by atoms with Gasteiger partial charge in [0.1, 0.15) is 5.82 Å². The van der Waals surface area contributed by atoms with Gasteiger partial charge in [0.05, 0.1) is 16.6 Å². The topological polar surface area (TPSA) is 30.7 Å². The van der Waals surface area contributed by atoms with Crippen LogP contribution in [0, 0.1) is 0 Å². The van der Waals surface area contributed by atoms with Crippen molar-refractivity contribution < 1.29 is 0 Å². The van der Waals surface area contributed by atoms with E-state index < -0.39 is 0 Å². The summed E-state index contributed by atoms with van der Waals surface area (Å²) >= 11 is 1.84. The fraction of sp³-hybridized carbons (Fsp3) is 0. The number of benzene rings is 3. The molecule has 0 atom stereocenters. The van der Waals surface area contributed by atoms with Crippen molar-refractivity contribution in [2.45, 2.75) is 0 Å². The predicted molar refractivity (Wildman–Crippen MR) is 127 cm³/mol. The lowest BCUT2D eigenvalue weighted by Gasteiger charge is -2.08. The maximum Gasteiger partial charge on any atom is 0.138 e. The number of fused-ring (bicyclic) bond motifs is 7. The van der Waals surface area contributed by atoms with Gasteiger partial charge in [-0.15, -0.1) is 11.3 Å². The van der Waals surface area contributed by atoms with Gasteiger partial charge in [0.2, 0.25) is 0 Å². The fourth-order valence-corrected chi connectivity index (χ4v) is 5.61. The molecule has 30 heavy (non-hydrogen) atoms. The first-order valence-corrected chi connectivity index (χ1v) is 10.7. The van der Waals surface area contributed by atoms with E-state index in [2.05, 4.69) is 71.3 Å². The number of pyridine rings is 2. The van der Waals surface area contributed by atoms with Crippen LogP contribution in [0.1, 0.15) is 0 Å². The Labute approximate surface area is 175 Å². The van der Waals surface area contributed by atoms with Gasteiger partial charge in [-0.2, -0.15) is 0 Å². The molecule has 3 aromatic carbocycles. The molecule has 7 rings (SSSR count). The average Bonchev–Trinajstić information content (AvgIpc) is 3.32. The summed E-state index contributed by atoms with van der Waals surface area (Å²) in [5.74, 6) is 0.919. The molecule has 0 aliphatic rings. The number of hydrogen-bond donors (Lipinski definition) is 0. The van der Waals surface area contributed by atoms with Crippen LogP contribution in [0.2, 0.25) is 0 Å². The zero-order chi connectivity index (χ0) is 19.7.